The van der Waals surface area contributed by atoms with E-state index in [4.69, 9.17) is 14.2 Å². The molecule has 2 amide bonds. The molecule has 0 radical (unpaired) electrons. The molecule has 0 bridgehead atoms. The molecule has 0 unspecified atom stereocenters. The van der Waals surface area contributed by atoms with Gasteiger partial charge in [-0.15, -0.1) is 0 Å². The molecule has 2 aromatic rings. The standard InChI is InChI=1S/C25H32N2O5/c1-6-26(7-2)25(29)20-13-15-23(28)27(18-9-11-19(30-3)12-10-18)24(20)17-8-14-21(31-4)22(16-17)32-5/h8-12,14,16,20,24H,6-7,13,15H2,1-5H3/t20-,24-/m1/s1. The first-order valence-corrected chi connectivity index (χ1v) is 11.0. The van der Waals surface area contributed by atoms with Gasteiger partial charge in [0.25, 0.3) is 0 Å². The maximum atomic E-state index is 13.5. The van der Waals surface area contributed by atoms with E-state index in [1.807, 2.05) is 61.2 Å². The number of hydrogen-bond acceptors (Lipinski definition) is 5. The summed E-state index contributed by atoms with van der Waals surface area (Å²) < 4.78 is 16.2. The molecule has 1 saturated heterocycles. The van der Waals surface area contributed by atoms with Crippen LogP contribution in [0.15, 0.2) is 42.5 Å². The van der Waals surface area contributed by atoms with E-state index in [1.165, 1.54) is 0 Å². The number of amides is 2. The summed E-state index contributed by atoms with van der Waals surface area (Å²) in [6.45, 7) is 5.20. The van der Waals surface area contributed by atoms with Gasteiger partial charge in [0, 0.05) is 25.2 Å². The first-order valence-electron chi connectivity index (χ1n) is 11.0. The molecule has 1 fully saturated rings. The molecule has 0 aliphatic carbocycles. The van der Waals surface area contributed by atoms with Gasteiger partial charge in [-0.1, -0.05) is 6.07 Å². The van der Waals surface area contributed by atoms with Crippen LogP contribution in [-0.4, -0.2) is 51.1 Å². The molecule has 0 saturated carbocycles. The molecular formula is C25H32N2O5. The fourth-order valence-corrected chi connectivity index (χ4v) is 4.39. The third kappa shape index (κ3) is 4.52. The third-order valence-corrected chi connectivity index (χ3v) is 6.09. The van der Waals surface area contributed by atoms with Crippen molar-refractivity contribution in [2.24, 2.45) is 5.92 Å². The number of benzene rings is 2. The van der Waals surface area contributed by atoms with Crippen LogP contribution in [0.5, 0.6) is 17.2 Å². The number of anilines is 1. The van der Waals surface area contributed by atoms with Gasteiger partial charge in [-0.3, -0.25) is 9.59 Å². The number of hydrogen-bond donors (Lipinski definition) is 0. The van der Waals surface area contributed by atoms with E-state index >= 15 is 0 Å². The fraction of sp³-hybridized carbons (Fsp3) is 0.440. The first-order chi connectivity index (χ1) is 15.5. The average Bonchev–Trinajstić information content (AvgIpc) is 2.84. The van der Waals surface area contributed by atoms with E-state index in [2.05, 4.69) is 0 Å². The number of ether oxygens (including phenoxy) is 3. The van der Waals surface area contributed by atoms with Crippen molar-refractivity contribution in [3.8, 4) is 17.2 Å². The highest BCUT2D eigenvalue weighted by Crippen LogP contribution is 2.43. The zero-order chi connectivity index (χ0) is 23.3. The molecule has 3 rings (SSSR count). The van der Waals surface area contributed by atoms with Crippen molar-refractivity contribution in [1.29, 1.82) is 0 Å². The van der Waals surface area contributed by atoms with Gasteiger partial charge in [-0.2, -0.15) is 0 Å². The molecule has 1 heterocycles. The number of piperidine rings is 1. The summed E-state index contributed by atoms with van der Waals surface area (Å²) in [5.41, 5.74) is 1.56. The van der Waals surface area contributed by atoms with Crippen LogP contribution in [0.2, 0.25) is 0 Å². The lowest BCUT2D eigenvalue weighted by Gasteiger charge is -2.42. The molecule has 2 atom stereocenters. The minimum absolute atomic E-state index is 0.0152. The second-order valence-corrected chi connectivity index (χ2v) is 7.68. The van der Waals surface area contributed by atoms with Gasteiger partial charge < -0.3 is 24.0 Å². The zero-order valence-electron chi connectivity index (χ0n) is 19.5. The van der Waals surface area contributed by atoms with Gasteiger partial charge >= 0.3 is 0 Å². The predicted molar refractivity (Wildman–Crippen MR) is 123 cm³/mol. The Morgan fingerprint density at radius 2 is 1.62 bits per heavy atom. The second-order valence-electron chi connectivity index (χ2n) is 7.68. The largest absolute Gasteiger partial charge is 0.497 e. The van der Waals surface area contributed by atoms with Gasteiger partial charge in [-0.25, -0.2) is 0 Å². The van der Waals surface area contributed by atoms with Crippen LogP contribution >= 0.6 is 0 Å². The van der Waals surface area contributed by atoms with E-state index in [0.29, 0.717) is 43.2 Å². The Morgan fingerprint density at radius 1 is 0.969 bits per heavy atom. The van der Waals surface area contributed by atoms with Crippen LogP contribution in [0.4, 0.5) is 5.69 Å². The van der Waals surface area contributed by atoms with Crippen molar-refractivity contribution in [3.05, 3.63) is 48.0 Å². The Labute approximate surface area is 189 Å². The minimum Gasteiger partial charge on any atom is -0.497 e. The molecule has 7 heteroatoms. The maximum absolute atomic E-state index is 13.5. The van der Waals surface area contributed by atoms with Gasteiger partial charge in [0.1, 0.15) is 5.75 Å². The van der Waals surface area contributed by atoms with Crippen molar-refractivity contribution in [3.63, 3.8) is 0 Å². The summed E-state index contributed by atoms with van der Waals surface area (Å²) >= 11 is 0. The summed E-state index contributed by atoms with van der Waals surface area (Å²) in [6.07, 6.45) is 0.813. The lowest BCUT2D eigenvalue weighted by Crippen LogP contribution is -2.49. The summed E-state index contributed by atoms with van der Waals surface area (Å²) in [5.74, 6) is 1.54. The normalized spacial score (nSPS) is 18.3. The molecule has 0 spiro atoms. The highest BCUT2D eigenvalue weighted by molar-refractivity contribution is 5.97. The molecule has 2 aromatic carbocycles. The van der Waals surface area contributed by atoms with Crippen molar-refractivity contribution in [1.82, 2.24) is 4.90 Å². The van der Waals surface area contributed by atoms with Crippen molar-refractivity contribution in [2.45, 2.75) is 32.7 Å². The van der Waals surface area contributed by atoms with Crippen LogP contribution in [0.25, 0.3) is 0 Å². The quantitative estimate of drug-likeness (QED) is 0.619. The van der Waals surface area contributed by atoms with Crippen LogP contribution < -0.4 is 19.1 Å². The number of carbonyl (C=O) groups excluding carboxylic acids is 2. The third-order valence-electron chi connectivity index (χ3n) is 6.09. The highest BCUT2D eigenvalue weighted by atomic mass is 16.5. The first kappa shape index (κ1) is 23.4. The summed E-state index contributed by atoms with van der Waals surface area (Å²) in [7, 11) is 4.76. The molecule has 0 N–H and O–H groups in total. The number of methoxy groups -OCH3 is 3. The SMILES string of the molecule is CCN(CC)C(=O)[C@@H]1CCC(=O)N(c2ccc(OC)cc2)[C@@H]1c1ccc(OC)c(OC)c1. The zero-order valence-corrected chi connectivity index (χ0v) is 19.5. The predicted octanol–water partition coefficient (Wildman–Crippen LogP) is 4.07. The molecule has 172 valence electrons. The minimum atomic E-state index is -0.461. The van der Waals surface area contributed by atoms with Crippen molar-refractivity contribution in [2.75, 3.05) is 39.3 Å². The van der Waals surface area contributed by atoms with Crippen LogP contribution in [-0.2, 0) is 9.59 Å². The molecule has 1 aliphatic heterocycles. The fourth-order valence-electron chi connectivity index (χ4n) is 4.39. The topological polar surface area (TPSA) is 68.3 Å². The van der Waals surface area contributed by atoms with Crippen molar-refractivity contribution < 1.29 is 23.8 Å². The monoisotopic (exact) mass is 440 g/mol. The molecule has 7 nitrogen and oxygen atoms in total. The van der Waals surface area contributed by atoms with Crippen molar-refractivity contribution >= 4 is 17.5 Å². The second kappa shape index (κ2) is 10.4. The molecular weight excluding hydrogens is 408 g/mol. The Morgan fingerprint density at radius 3 is 2.19 bits per heavy atom. The van der Waals surface area contributed by atoms with E-state index in [1.54, 1.807) is 26.2 Å². The van der Waals surface area contributed by atoms with E-state index in [0.717, 1.165) is 11.3 Å². The van der Waals surface area contributed by atoms with Crippen LogP contribution in [0, 0.1) is 5.92 Å². The van der Waals surface area contributed by atoms with Gasteiger partial charge in [0.05, 0.1) is 33.3 Å². The lowest BCUT2D eigenvalue weighted by atomic mass is 9.82. The number of carbonyl (C=O) groups is 2. The lowest BCUT2D eigenvalue weighted by molar-refractivity contribution is -0.138. The molecule has 1 aliphatic rings. The number of nitrogens with zero attached hydrogens (tertiary/aromatic N) is 2. The average molecular weight is 441 g/mol. The Kier molecular flexibility index (Phi) is 7.62. The van der Waals surface area contributed by atoms with E-state index in [-0.39, 0.29) is 17.7 Å². The van der Waals surface area contributed by atoms with Crippen LogP contribution in [0.1, 0.15) is 38.3 Å². The summed E-state index contributed by atoms with van der Waals surface area (Å²) in [5, 5.41) is 0. The summed E-state index contributed by atoms with van der Waals surface area (Å²) in [4.78, 5) is 30.3. The highest BCUT2D eigenvalue weighted by Gasteiger charge is 2.42. The van der Waals surface area contributed by atoms with Crippen LogP contribution in [0.3, 0.4) is 0 Å². The maximum Gasteiger partial charge on any atom is 0.228 e. The molecule has 0 aromatic heterocycles. The Bertz CT molecular complexity index is 940. The number of rotatable bonds is 8. The Hall–Kier alpha value is -3.22. The van der Waals surface area contributed by atoms with E-state index in [9.17, 15) is 9.59 Å². The van der Waals surface area contributed by atoms with Gasteiger partial charge in [0.2, 0.25) is 11.8 Å². The Balaban J connectivity index is 2.14. The van der Waals surface area contributed by atoms with E-state index < -0.39 is 6.04 Å². The molecule has 32 heavy (non-hydrogen) atoms. The smallest absolute Gasteiger partial charge is 0.228 e. The van der Waals surface area contributed by atoms with Gasteiger partial charge in [0.15, 0.2) is 11.5 Å². The summed E-state index contributed by atoms with van der Waals surface area (Å²) in [6, 6.07) is 12.5. The van der Waals surface area contributed by atoms with Gasteiger partial charge in [-0.05, 0) is 62.2 Å².